The first kappa shape index (κ1) is 18.0. The Bertz CT molecular complexity index is 1040. The molecule has 0 saturated heterocycles. The summed E-state index contributed by atoms with van der Waals surface area (Å²) in [6, 6.07) is 13.9. The van der Waals surface area contributed by atoms with Gasteiger partial charge in [0.25, 0.3) is 5.56 Å². The molecule has 27 heavy (non-hydrogen) atoms. The summed E-state index contributed by atoms with van der Waals surface area (Å²) >= 11 is 5.95. The van der Waals surface area contributed by atoms with Gasteiger partial charge in [-0.15, -0.1) is 0 Å². The predicted octanol–water partition coefficient (Wildman–Crippen LogP) is 4.27. The second kappa shape index (κ2) is 7.29. The quantitative estimate of drug-likeness (QED) is 0.739. The van der Waals surface area contributed by atoms with Crippen molar-refractivity contribution < 1.29 is 0 Å². The highest BCUT2D eigenvalue weighted by Gasteiger charge is 2.21. The van der Waals surface area contributed by atoms with Gasteiger partial charge in [0.2, 0.25) is 0 Å². The van der Waals surface area contributed by atoms with E-state index in [-0.39, 0.29) is 5.56 Å². The summed E-state index contributed by atoms with van der Waals surface area (Å²) in [5.74, 6) is 0.609. The van der Waals surface area contributed by atoms with Crippen LogP contribution in [0.5, 0.6) is 0 Å². The maximum absolute atomic E-state index is 12.7. The topological polar surface area (TPSA) is 49.0 Å². The molecule has 2 heterocycles. The molecule has 0 fully saturated rings. The van der Waals surface area contributed by atoms with Crippen molar-refractivity contribution in [1.29, 1.82) is 0 Å². The number of nitrogens with zero attached hydrogens (tertiary/aromatic N) is 2. The zero-order chi connectivity index (χ0) is 19.0. The van der Waals surface area contributed by atoms with Gasteiger partial charge in [-0.05, 0) is 54.8 Å². The fourth-order valence-electron chi connectivity index (χ4n) is 3.52. The number of benzene rings is 2. The number of hydrogen-bond acceptors (Lipinski definition) is 3. The molecular formula is C22H22ClN3O. The number of halogens is 1. The summed E-state index contributed by atoms with van der Waals surface area (Å²) in [7, 11) is 0. The lowest BCUT2D eigenvalue weighted by atomic mass is 10.0. The van der Waals surface area contributed by atoms with Gasteiger partial charge in [0.1, 0.15) is 5.82 Å². The van der Waals surface area contributed by atoms with E-state index in [0.29, 0.717) is 17.4 Å². The summed E-state index contributed by atoms with van der Waals surface area (Å²) in [6.07, 6.45) is 0.782. The lowest BCUT2D eigenvalue weighted by molar-refractivity contribution is 0.242. The maximum Gasteiger partial charge on any atom is 0.255 e. The van der Waals surface area contributed by atoms with Gasteiger partial charge < -0.3 is 4.98 Å². The minimum atomic E-state index is -0.0465. The number of rotatable bonds is 3. The molecule has 1 aromatic heterocycles. The molecular weight excluding hydrogens is 358 g/mol. The summed E-state index contributed by atoms with van der Waals surface area (Å²) < 4.78 is 0. The Balaban J connectivity index is 1.57. The normalized spacial score (nSPS) is 14.2. The molecule has 0 radical (unpaired) electrons. The highest BCUT2D eigenvalue weighted by atomic mass is 35.5. The predicted molar refractivity (Wildman–Crippen MR) is 109 cm³/mol. The third kappa shape index (κ3) is 3.82. The molecule has 1 N–H and O–H groups in total. The van der Waals surface area contributed by atoms with Gasteiger partial charge in [-0.25, -0.2) is 4.98 Å². The highest BCUT2D eigenvalue weighted by molar-refractivity contribution is 6.30. The average Bonchev–Trinajstić information content (AvgIpc) is 2.66. The smallest absolute Gasteiger partial charge is 0.255 e. The van der Waals surface area contributed by atoms with Crippen LogP contribution < -0.4 is 5.56 Å². The Morgan fingerprint density at radius 2 is 1.89 bits per heavy atom. The van der Waals surface area contributed by atoms with Crippen molar-refractivity contribution in [3.05, 3.63) is 85.8 Å². The number of fused-ring (bicyclic) bond motifs is 1. The van der Waals surface area contributed by atoms with E-state index in [1.807, 2.05) is 24.3 Å². The second-order valence-corrected chi connectivity index (χ2v) is 7.66. The first-order valence-electron chi connectivity index (χ1n) is 9.16. The van der Waals surface area contributed by atoms with Gasteiger partial charge in [0.15, 0.2) is 0 Å². The molecule has 0 aliphatic carbocycles. The largest absolute Gasteiger partial charge is 0.306 e. The lowest BCUT2D eigenvalue weighted by Crippen LogP contribution is -2.35. The third-order valence-electron chi connectivity index (χ3n) is 5.24. The van der Waals surface area contributed by atoms with Crippen LogP contribution in [0.1, 0.15) is 27.9 Å². The van der Waals surface area contributed by atoms with Crippen LogP contribution >= 0.6 is 11.6 Å². The van der Waals surface area contributed by atoms with Gasteiger partial charge in [0.05, 0.1) is 11.3 Å². The average molecular weight is 380 g/mol. The standard InChI is InChI=1S/C22H22ClN3O/c1-14-3-4-16(11-15(14)2)12-26-10-9-20-19(13-26)22(27)25-21(24-20)17-5-7-18(23)8-6-17/h3-8,11H,9-10,12-13H2,1-2H3,(H,24,25,27). The van der Waals surface area contributed by atoms with Crippen LogP contribution in [-0.2, 0) is 19.5 Å². The molecule has 2 aromatic carbocycles. The van der Waals surface area contributed by atoms with Gasteiger partial charge in [-0.3, -0.25) is 9.69 Å². The van der Waals surface area contributed by atoms with E-state index < -0.39 is 0 Å². The molecule has 0 spiro atoms. The van der Waals surface area contributed by atoms with E-state index in [4.69, 9.17) is 16.6 Å². The van der Waals surface area contributed by atoms with Crippen LogP contribution in [0.3, 0.4) is 0 Å². The molecule has 0 bridgehead atoms. The van der Waals surface area contributed by atoms with E-state index in [9.17, 15) is 4.79 Å². The van der Waals surface area contributed by atoms with Crippen LogP contribution in [0.4, 0.5) is 0 Å². The Morgan fingerprint density at radius 1 is 1.11 bits per heavy atom. The van der Waals surface area contributed by atoms with E-state index >= 15 is 0 Å². The van der Waals surface area contributed by atoms with Crippen molar-refractivity contribution >= 4 is 11.6 Å². The fraction of sp³-hybridized carbons (Fsp3) is 0.273. The Kier molecular flexibility index (Phi) is 4.85. The van der Waals surface area contributed by atoms with Crippen molar-refractivity contribution in [2.45, 2.75) is 33.4 Å². The Hall–Kier alpha value is -2.43. The molecule has 0 saturated carbocycles. The fourth-order valence-corrected chi connectivity index (χ4v) is 3.65. The zero-order valence-corrected chi connectivity index (χ0v) is 16.3. The van der Waals surface area contributed by atoms with Crippen LogP contribution in [0.2, 0.25) is 5.02 Å². The number of aryl methyl sites for hydroxylation is 2. The number of aromatic amines is 1. The number of nitrogens with one attached hydrogen (secondary N) is 1. The third-order valence-corrected chi connectivity index (χ3v) is 5.49. The maximum atomic E-state index is 12.7. The molecule has 5 heteroatoms. The molecule has 138 valence electrons. The minimum Gasteiger partial charge on any atom is -0.306 e. The summed E-state index contributed by atoms with van der Waals surface area (Å²) in [5, 5.41) is 0.668. The zero-order valence-electron chi connectivity index (χ0n) is 15.6. The van der Waals surface area contributed by atoms with Crippen LogP contribution in [0, 0.1) is 13.8 Å². The molecule has 0 unspecified atom stereocenters. The number of H-pyrrole nitrogens is 1. The molecule has 4 rings (SSSR count). The van der Waals surface area contributed by atoms with E-state index in [1.165, 1.54) is 16.7 Å². The Morgan fingerprint density at radius 3 is 2.63 bits per heavy atom. The van der Waals surface area contributed by atoms with Gasteiger partial charge >= 0.3 is 0 Å². The Labute approximate surface area is 163 Å². The number of aromatic nitrogens is 2. The van der Waals surface area contributed by atoms with Crippen molar-refractivity contribution in [3.8, 4) is 11.4 Å². The monoisotopic (exact) mass is 379 g/mol. The minimum absolute atomic E-state index is 0.0465. The number of hydrogen-bond donors (Lipinski definition) is 1. The van der Waals surface area contributed by atoms with Gasteiger partial charge in [0, 0.05) is 36.6 Å². The van der Waals surface area contributed by atoms with Crippen LogP contribution in [0.25, 0.3) is 11.4 Å². The van der Waals surface area contributed by atoms with Crippen molar-refractivity contribution in [2.24, 2.45) is 0 Å². The van der Waals surface area contributed by atoms with E-state index in [0.717, 1.165) is 36.3 Å². The first-order chi connectivity index (χ1) is 13.0. The second-order valence-electron chi connectivity index (χ2n) is 7.23. The van der Waals surface area contributed by atoms with Gasteiger partial charge in [-0.1, -0.05) is 29.8 Å². The summed E-state index contributed by atoms with van der Waals surface area (Å²) in [4.78, 5) is 22.6. The summed E-state index contributed by atoms with van der Waals surface area (Å²) in [6.45, 7) is 6.64. The summed E-state index contributed by atoms with van der Waals surface area (Å²) in [5.41, 5.74) is 6.40. The van der Waals surface area contributed by atoms with Crippen molar-refractivity contribution in [2.75, 3.05) is 6.54 Å². The molecule has 3 aromatic rings. The van der Waals surface area contributed by atoms with Crippen LogP contribution in [0.15, 0.2) is 47.3 Å². The van der Waals surface area contributed by atoms with Crippen molar-refractivity contribution in [3.63, 3.8) is 0 Å². The molecule has 4 nitrogen and oxygen atoms in total. The first-order valence-corrected chi connectivity index (χ1v) is 9.54. The molecule has 0 atom stereocenters. The highest BCUT2D eigenvalue weighted by Crippen LogP contribution is 2.22. The molecule has 0 amide bonds. The van der Waals surface area contributed by atoms with Crippen molar-refractivity contribution in [1.82, 2.24) is 14.9 Å². The molecule has 1 aliphatic heterocycles. The van der Waals surface area contributed by atoms with Gasteiger partial charge in [-0.2, -0.15) is 0 Å². The van der Waals surface area contributed by atoms with E-state index in [2.05, 4.69) is 41.9 Å². The lowest BCUT2D eigenvalue weighted by Gasteiger charge is -2.28. The SMILES string of the molecule is Cc1ccc(CN2CCc3nc(-c4ccc(Cl)cc4)[nH]c(=O)c3C2)cc1C. The van der Waals surface area contributed by atoms with Crippen LogP contribution in [-0.4, -0.2) is 21.4 Å². The van der Waals surface area contributed by atoms with E-state index in [1.54, 1.807) is 0 Å². The molecule has 1 aliphatic rings.